The van der Waals surface area contributed by atoms with Gasteiger partial charge >= 0.3 is 6.18 Å². The Morgan fingerprint density at radius 2 is 1.95 bits per heavy atom. The number of benzene rings is 1. The predicted molar refractivity (Wildman–Crippen MR) is 69.6 cm³/mol. The first-order valence-electron chi connectivity index (χ1n) is 6.19. The minimum absolute atomic E-state index is 0.121. The average molecular weight is 321 g/mol. The maximum Gasteiger partial charge on any atom is 0.412 e. The summed E-state index contributed by atoms with van der Waals surface area (Å²) in [6.07, 6.45) is -4.32. The number of halogens is 4. The van der Waals surface area contributed by atoms with Gasteiger partial charge in [-0.05, 0) is 24.1 Å². The van der Waals surface area contributed by atoms with Gasteiger partial charge in [-0.15, -0.1) is 0 Å². The molecule has 2 N–H and O–H groups in total. The van der Waals surface area contributed by atoms with Crippen molar-refractivity contribution in [2.75, 3.05) is 0 Å². The lowest BCUT2D eigenvalue weighted by atomic mass is 10.1. The van der Waals surface area contributed by atoms with Crippen LogP contribution >= 0.6 is 11.6 Å². The van der Waals surface area contributed by atoms with Crippen LogP contribution in [-0.2, 0) is 9.59 Å². The number of carbonyl (C=O) groups is 2. The van der Waals surface area contributed by atoms with E-state index in [-0.39, 0.29) is 24.3 Å². The Kier molecular flexibility index (Phi) is 4.41. The first-order chi connectivity index (χ1) is 9.77. The third kappa shape index (κ3) is 3.87. The largest absolute Gasteiger partial charge is 0.412 e. The summed E-state index contributed by atoms with van der Waals surface area (Å²) in [4.78, 5) is 22.9. The SMILES string of the molecule is O=C1CC[C@@H](C(=O)N[C@@H](c2ccc(Cl)cc2)C(F)(F)F)N1. The zero-order chi connectivity index (χ0) is 15.6. The van der Waals surface area contributed by atoms with Crippen LogP contribution in [0, 0.1) is 0 Å². The Balaban J connectivity index is 2.15. The number of rotatable bonds is 3. The van der Waals surface area contributed by atoms with Crippen LogP contribution in [0.4, 0.5) is 13.2 Å². The molecule has 0 saturated carbocycles. The van der Waals surface area contributed by atoms with E-state index >= 15 is 0 Å². The summed E-state index contributed by atoms with van der Waals surface area (Å²) in [6, 6.07) is 1.98. The Labute approximate surface area is 123 Å². The molecular weight excluding hydrogens is 309 g/mol. The van der Waals surface area contributed by atoms with E-state index in [2.05, 4.69) is 5.32 Å². The van der Waals surface area contributed by atoms with Gasteiger partial charge < -0.3 is 10.6 Å². The first kappa shape index (κ1) is 15.6. The fraction of sp³-hybridized carbons (Fsp3) is 0.385. The Hall–Kier alpha value is -1.76. The monoisotopic (exact) mass is 320 g/mol. The number of hydrogen-bond donors (Lipinski definition) is 2. The fourth-order valence-corrected chi connectivity index (χ4v) is 2.19. The number of carbonyl (C=O) groups excluding carboxylic acids is 2. The van der Waals surface area contributed by atoms with E-state index in [9.17, 15) is 22.8 Å². The van der Waals surface area contributed by atoms with Crippen molar-refractivity contribution in [3.63, 3.8) is 0 Å². The van der Waals surface area contributed by atoms with E-state index in [1.54, 1.807) is 0 Å². The van der Waals surface area contributed by atoms with Crippen LogP contribution in [-0.4, -0.2) is 24.0 Å². The lowest BCUT2D eigenvalue weighted by Crippen LogP contribution is -2.46. The Bertz CT molecular complexity index is 545. The summed E-state index contributed by atoms with van der Waals surface area (Å²) in [5.74, 6) is -1.19. The second-order valence-corrected chi connectivity index (χ2v) is 5.13. The normalized spacial score (nSPS) is 20.0. The maximum absolute atomic E-state index is 13.1. The fourth-order valence-electron chi connectivity index (χ4n) is 2.06. The molecule has 4 nitrogen and oxygen atoms in total. The minimum atomic E-state index is -4.65. The zero-order valence-corrected chi connectivity index (χ0v) is 11.5. The highest BCUT2D eigenvalue weighted by molar-refractivity contribution is 6.30. The summed E-state index contributed by atoms with van der Waals surface area (Å²) in [5.41, 5.74) is -0.121. The molecule has 0 radical (unpaired) electrons. The summed E-state index contributed by atoms with van der Waals surface area (Å²) in [7, 11) is 0. The third-order valence-electron chi connectivity index (χ3n) is 3.13. The predicted octanol–water partition coefficient (Wildman–Crippen LogP) is 2.34. The van der Waals surface area contributed by atoms with Gasteiger partial charge in [0.25, 0.3) is 0 Å². The highest BCUT2D eigenvalue weighted by atomic mass is 35.5. The van der Waals surface area contributed by atoms with E-state index in [1.165, 1.54) is 24.3 Å². The van der Waals surface area contributed by atoms with E-state index in [1.807, 2.05) is 5.32 Å². The molecular formula is C13H12ClF3N2O2. The van der Waals surface area contributed by atoms with Gasteiger partial charge in [0, 0.05) is 11.4 Å². The molecule has 1 aliphatic heterocycles. The van der Waals surface area contributed by atoms with Crippen molar-refractivity contribution in [2.24, 2.45) is 0 Å². The van der Waals surface area contributed by atoms with Gasteiger partial charge in [-0.3, -0.25) is 9.59 Å². The molecule has 0 aromatic heterocycles. The summed E-state index contributed by atoms with van der Waals surface area (Å²) < 4.78 is 39.3. The Morgan fingerprint density at radius 1 is 1.33 bits per heavy atom. The maximum atomic E-state index is 13.1. The molecule has 1 aromatic rings. The average Bonchev–Trinajstić information content (AvgIpc) is 2.82. The molecule has 2 rings (SSSR count). The standard InChI is InChI=1S/C13H12ClF3N2O2/c14-8-3-1-7(2-4-8)11(13(15,16)17)19-12(21)9-5-6-10(20)18-9/h1-4,9,11H,5-6H2,(H,18,20)(H,19,21)/t9-,11-/m0/s1. The molecule has 2 amide bonds. The third-order valence-corrected chi connectivity index (χ3v) is 3.38. The van der Waals surface area contributed by atoms with Crippen molar-refractivity contribution in [1.82, 2.24) is 10.6 Å². The molecule has 0 unspecified atom stereocenters. The van der Waals surface area contributed by atoms with Crippen LogP contribution in [0.25, 0.3) is 0 Å². The summed E-state index contributed by atoms with van der Waals surface area (Å²) >= 11 is 5.64. The lowest BCUT2D eigenvalue weighted by Gasteiger charge is -2.23. The number of amides is 2. The molecule has 0 bridgehead atoms. The molecule has 8 heteroatoms. The van der Waals surface area contributed by atoms with Crippen molar-refractivity contribution >= 4 is 23.4 Å². The van der Waals surface area contributed by atoms with E-state index < -0.39 is 24.2 Å². The number of hydrogen-bond acceptors (Lipinski definition) is 2. The van der Waals surface area contributed by atoms with E-state index in [4.69, 9.17) is 11.6 Å². The van der Waals surface area contributed by atoms with E-state index in [0.29, 0.717) is 5.02 Å². The second-order valence-electron chi connectivity index (χ2n) is 4.69. The van der Waals surface area contributed by atoms with E-state index in [0.717, 1.165) is 0 Å². The minimum Gasteiger partial charge on any atom is -0.344 e. The van der Waals surface area contributed by atoms with Gasteiger partial charge in [0.05, 0.1) is 0 Å². The number of nitrogens with one attached hydrogen (secondary N) is 2. The molecule has 1 aromatic carbocycles. The smallest absolute Gasteiger partial charge is 0.344 e. The molecule has 0 aliphatic carbocycles. The molecule has 1 aliphatic rings. The van der Waals surface area contributed by atoms with Gasteiger partial charge in [0.15, 0.2) is 6.04 Å². The van der Waals surface area contributed by atoms with Crippen molar-refractivity contribution in [1.29, 1.82) is 0 Å². The van der Waals surface area contributed by atoms with Crippen molar-refractivity contribution < 1.29 is 22.8 Å². The molecule has 1 fully saturated rings. The van der Waals surface area contributed by atoms with Gasteiger partial charge in [0.2, 0.25) is 11.8 Å². The molecule has 1 heterocycles. The van der Waals surface area contributed by atoms with Crippen molar-refractivity contribution in [2.45, 2.75) is 31.1 Å². The lowest BCUT2D eigenvalue weighted by molar-refractivity contribution is -0.164. The Morgan fingerprint density at radius 3 is 2.43 bits per heavy atom. The zero-order valence-electron chi connectivity index (χ0n) is 10.7. The van der Waals surface area contributed by atoms with Crippen LogP contribution in [0.5, 0.6) is 0 Å². The summed E-state index contributed by atoms with van der Waals surface area (Å²) in [5, 5.41) is 4.57. The first-order valence-corrected chi connectivity index (χ1v) is 6.57. The summed E-state index contributed by atoms with van der Waals surface area (Å²) in [6.45, 7) is 0. The van der Waals surface area contributed by atoms with Crippen LogP contribution in [0.1, 0.15) is 24.4 Å². The molecule has 1 saturated heterocycles. The van der Waals surface area contributed by atoms with Crippen LogP contribution in [0.2, 0.25) is 5.02 Å². The van der Waals surface area contributed by atoms with Crippen LogP contribution in [0.3, 0.4) is 0 Å². The quantitative estimate of drug-likeness (QED) is 0.898. The number of alkyl halides is 3. The molecule has 21 heavy (non-hydrogen) atoms. The van der Waals surface area contributed by atoms with Gasteiger partial charge in [-0.25, -0.2) is 0 Å². The highest BCUT2D eigenvalue weighted by Crippen LogP contribution is 2.33. The van der Waals surface area contributed by atoms with Crippen molar-refractivity contribution in [3.05, 3.63) is 34.9 Å². The van der Waals surface area contributed by atoms with Gasteiger partial charge in [-0.2, -0.15) is 13.2 Å². The van der Waals surface area contributed by atoms with Crippen LogP contribution < -0.4 is 10.6 Å². The van der Waals surface area contributed by atoms with Crippen LogP contribution in [0.15, 0.2) is 24.3 Å². The second kappa shape index (κ2) is 5.93. The van der Waals surface area contributed by atoms with Gasteiger partial charge in [0.1, 0.15) is 6.04 Å². The molecule has 0 spiro atoms. The molecule has 2 atom stereocenters. The molecule has 114 valence electrons. The highest BCUT2D eigenvalue weighted by Gasteiger charge is 2.43. The van der Waals surface area contributed by atoms with Gasteiger partial charge in [-0.1, -0.05) is 23.7 Å². The topological polar surface area (TPSA) is 58.2 Å². The van der Waals surface area contributed by atoms with Crippen molar-refractivity contribution in [3.8, 4) is 0 Å².